The number of aryl methyl sites for hydroxylation is 2. The third-order valence-electron chi connectivity index (χ3n) is 11.9. The average molecular weight is 1030 g/mol. The van der Waals surface area contributed by atoms with Crippen molar-refractivity contribution in [1.82, 2.24) is 29.1 Å². The van der Waals surface area contributed by atoms with Gasteiger partial charge < -0.3 is 9.30 Å². The molecule has 0 radical (unpaired) electrons. The summed E-state index contributed by atoms with van der Waals surface area (Å²) in [6.45, 7) is 17.5. The van der Waals surface area contributed by atoms with Gasteiger partial charge in [0.25, 0.3) is 11.4 Å². The Hall–Kier alpha value is -6.85. The Morgan fingerprint density at radius 3 is 1.85 bits per heavy atom. The van der Waals surface area contributed by atoms with Crippen LogP contribution in [0.4, 0.5) is 17.1 Å². The van der Waals surface area contributed by atoms with Gasteiger partial charge in [0.2, 0.25) is 0 Å². The first-order valence-corrected chi connectivity index (χ1v) is 21.7. The third-order valence-corrected chi connectivity index (χ3v) is 11.9. The molecule has 0 aliphatic carbocycles. The first-order chi connectivity index (χ1) is 30.7. The van der Waals surface area contributed by atoms with Gasteiger partial charge in [0.15, 0.2) is 18.7 Å². The fourth-order valence-electron chi connectivity index (χ4n) is 8.19. The zero-order valence-electron chi connectivity index (χ0n) is 38.1. The summed E-state index contributed by atoms with van der Waals surface area (Å²) >= 11 is 0. The van der Waals surface area contributed by atoms with Crippen molar-refractivity contribution in [3.05, 3.63) is 168 Å². The Kier molecular flexibility index (Phi) is 11.1. The monoisotopic (exact) mass is 1030 g/mol. The number of aromatic nitrogens is 5. The van der Waals surface area contributed by atoms with Crippen LogP contribution in [0.2, 0.25) is 0 Å². The fraction of sp³-hybridized carbons (Fsp3) is 0.196. The first kappa shape index (κ1) is 43.4. The molecule has 0 saturated carbocycles. The minimum Gasteiger partial charge on any atom is -0.508 e. The molecule has 0 fully saturated rings. The molecule has 0 bridgehead atoms. The molecule has 322 valence electrons. The number of hydrogen-bond acceptors (Lipinski definition) is 5. The second-order valence-electron chi connectivity index (χ2n) is 18.8. The molecule has 4 heterocycles. The van der Waals surface area contributed by atoms with Crippen LogP contribution in [0.3, 0.4) is 0 Å². The van der Waals surface area contributed by atoms with E-state index in [1.54, 1.807) is 0 Å². The van der Waals surface area contributed by atoms with Crippen LogP contribution in [0.15, 0.2) is 134 Å². The fourth-order valence-corrected chi connectivity index (χ4v) is 8.19. The maximum Gasteiger partial charge on any atom is 2.00 e. The van der Waals surface area contributed by atoms with Crippen molar-refractivity contribution in [2.45, 2.75) is 66.2 Å². The minimum atomic E-state index is -0.222. The van der Waals surface area contributed by atoms with E-state index in [4.69, 9.17) is 24.7 Å². The Balaban J connectivity index is 0.00000533. The zero-order valence-corrected chi connectivity index (χ0v) is 40.3. The SMILES string of the molecule is Cc1ccc(-c2nc(-c3ccc(C)cc3)nc(-c3cc4c5cc(C(C)(C)C)ccc5n(-c5ccccn5)c4[c-]c3Oc3[c-]c([N+]4=C=[N+](C)c5ccccc54)cc(C(C)(C)C)c3)n2)cc1.[Pt+2]. The van der Waals surface area contributed by atoms with Crippen LogP contribution >= 0.6 is 0 Å². The molecule has 0 N–H and O–H groups in total. The predicted octanol–water partition coefficient (Wildman–Crippen LogP) is 13.3. The third kappa shape index (κ3) is 8.25. The molecule has 0 amide bonds. The largest absolute Gasteiger partial charge is 2.00 e. The number of ether oxygens (including phenoxy) is 1. The van der Waals surface area contributed by atoms with E-state index in [2.05, 4.69) is 175 Å². The average Bonchev–Trinajstić information content (AvgIpc) is 3.79. The van der Waals surface area contributed by atoms with Crippen LogP contribution in [0.1, 0.15) is 63.8 Å². The van der Waals surface area contributed by atoms with E-state index in [1.165, 1.54) is 5.56 Å². The molecular formula is C56H49N7OPt+2. The number of benzene rings is 6. The molecule has 0 unspecified atom stereocenters. The van der Waals surface area contributed by atoms with Gasteiger partial charge in [0, 0.05) is 46.5 Å². The summed E-state index contributed by atoms with van der Waals surface area (Å²) in [4.78, 5) is 20.4. The van der Waals surface area contributed by atoms with E-state index in [1.807, 2.05) is 52.7 Å². The molecule has 0 spiro atoms. The molecule has 8 nitrogen and oxygen atoms in total. The minimum absolute atomic E-state index is 0. The van der Waals surface area contributed by atoms with Gasteiger partial charge in [-0.1, -0.05) is 158 Å². The Labute approximate surface area is 395 Å². The summed E-state index contributed by atoms with van der Waals surface area (Å²) < 4.78 is 13.4. The summed E-state index contributed by atoms with van der Waals surface area (Å²) in [5, 5.41) is 2.03. The molecule has 1 aliphatic heterocycles. The van der Waals surface area contributed by atoms with Crippen LogP contribution < -0.4 is 9.31 Å². The summed E-state index contributed by atoms with van der Waals surface area (Å²) in [5.74, 6) is 3.32. The predicted molar refractivity (Wildman–Crippen MR) is 258 cm³/mol. The van der Waals surface area contributed by atoms with Crippen molar-refractivity contribution in [3.63, 3.8) is 0 Å². The topological polar surface area (TPSA) is 71.7 Å². The summed E-state index contributed by atoms with van der Waals surface area (Å²) in [5.41, 5.74) is 11.4. The van der Waals surface area contributed by atoms with Crippen molar-refractivity contribution in [2.75, 3.05) is 7.05 Å². The smallest absolute Gasteiger partial charge is 0.508 e. The molecule has 9 aromatic rings. The van der Waals surface area contributed by atoms with E-state index in [0.29, 0.717) is 34.5 Å². The van der Waals surface area contributed by atoms with Crippen molar-refractivity contribution in [2.24, 2.45) is 0 Å². The summed E-state index contributed by atoms with van der Waals surface area (Å²) in [6, 6.07) is 54.9. The molecular weight excluding hydrogens is 982 g/mol. The van der Waals surface area contributed by atoms with E-state index in [-0.39, 0.29) is 31.9 Å². The molecule has 6 aromatic carbocycles. The van der Waals surface area contributed by atoms with Crippen molar-refractivity contribution < 1.29 is 30.4 Å². The van der Waals surface area contributed by atoms with Gasteiger partial charge in [-0.3, -0.25) is 0 Å². The number of fused-ring (bicyclic) bond motifs is 4. The van der Waals surface area contributed by atoms with E-state index in [0.717, 1.165) is 72.5 Å². The van der Waals surface area contributed by atoms with E-state index in [9.17, 15) is 0 Å². The Morgan fingerprint density at radius 1 is 0.615 bits per heavy atom. The van der Waals surface area contributed by atoms with Gasteiger partial charge in [-0.15, -0.1) is 29.1 Å². The van der Waals surface area contributed by atoms with Crippen LogP contribution in [-0.4, -0.2) is 42.1 Å². The Bertz CT molecular complexity index is 3310. The second-order valence-corrected chi connectivity index (χ2v) is 18.8. The molecule has 3 aromatic heterocycles. The van der Waals surface area contributed by atoms with Gasteiger partial charge in [-0.25, -0.2) is 19.9 Å². The number of pyridine rings is 1. The van der Waals surface area contributed by atoms with Crippen LogP contribution in [0.25, 0.3) is 61.8 Å². The van der Waals surface area contributed by atoms with Crippen LogP contribution in [-0.2, 0) is 31.9 Å². The zero-order chi connectivity index (χ0) is 44.5. The number of para-hydroxylation sites is 2. The normalized spacial score (nSPS) is 12.5. The first-order valence-electron chi connectivity index (χ1n) is 21.7. The maximum absolute atomic E-state index is 7.20. The van der Waals surface area contributed by atoms with Crippen molar-refractivity contribution >= 4 is 44.9 Å². The standard InChI is InChI=1S/C56H49N7O.Pt/c1-35-17-21-37(22-18-35)52-58-53(38-23-19-36(2)20-24-38)60-54(59-52)45-32-44-43-30-39(55(3,4)5)25-26-46(43)63(51-16-12-13-27-57-51)49(44)33-50(45)64-42-29-40(56(6,7)8)28-41(31-42)62-34-61(9)47-14-10-11-15-48(47)62;/h10-30,32H,1-9H3;/q;+2. The molecule has 65 heavy (non-hydrogen) atoms. The Morgan fingerprint density at radius 2 is 1.23 bits per heavy atom. The van der Waals surface area contributed by atoms with Crippen molar-refractivity contribution in [3.8, 4) is 51.5 Å². The van der Waals surface area contributed by atoms with Gasteiger partial charge in [0.05, 0.1) is 0 Å². The maximum atomic E-state index is 7.20. The second kappa shape index (κ2) is 16.6. The number of nitrogens with zero attached hydrogens (tertiary/aromatic N) is 7. The van der Waals surface area contributed by atoms with E-state index >= 15 is 0 Å². The number of rotatable bonds is 7. The van der Waals surface area contributed by atoms with Crippen LogP contribution in [0.5, 0.6) is 11.5 Å². The van der Waals surface area contributed by atoms with Gasteiger partial charge in [-0.2, -0.15) is 0 Å². The molecule has 1 aliphatic rings. The molecule has 0 atom stereocenters. The summed E-state index contributed by atoms with van der Waals surface area (Å²) in [6.07, 6.45) is 1.82. The quantitative estimate of drug-likeness (QED) is 0.117. The van der Waals surface area contributed by atoms with Crippen LogP contribution in [0, 0.1) is 26.0 Å². The van der Waals surface area contributed by atoms with Gasteiger partial charge >= 0.3 is 27.1 Å². The molecule has 0 saturated heterocycles. The van der Waals surface area contributed by atoms with Crippen molar-refractivity contribution in [1.29, 1.82) is 0 Å². The molecule has 10 rings (SSSR count). The van der Waals surface area contributed by atoms with E-state index < -0.39 is 0 Å². The van der Waals surface area contributed by atoms with Gasteiger partial charge in [-0.05, 0) is 59.4 Å². The summed E-state index contributed by atoms with van der Waals surface area (Å²) in [7, 11) is 2.01. The van der Waals surface area contributed by atoms with Gasteiger partial charge in [0.1, 0.15) is 17.3 Å². The molecule has 9 heteroatoms. The number of hydrogen-bond donors (Lipinski definition) is 0.